The van der Waals surface area contributed by atoms with Gasteiger partial charge in [-0.05, 0) is 0 Å². The Labute approximate surface area is 120 Å². The van der Waals surface area contributed by atoms with Gasteiger partial charge in [-0.15, -0.1) is 0 Å². The third-order valence-corrected chi connectivity index (χ3v) is 2.70. The molecule has 0 radical (unpaired) electrons. The first-order chi connectivity index (χ1) is 9.76. The molecule has 1 aliphatic heterocycles. The average molecular weight is 306 g/mol. The molecule has 1 aliphatic rings. The number of carbonyl (C=O) groups excluding carboxylic acids is 3. The Morgan fingerprint density at radius 3 is 1.76 bits per heavy atom. The molecule has 5 atom stereocenters. The third kappa shape index (κ3) is 4.66. The van der Waals surface area contributed by atoms with Crippen LogP contribution in [0.2, 0.25) is 0 Å². The average Bonchev–Trinajstić information content (AvgIpc) is 2.35. The van der Waals surface area contributed by atoms with Crippen molar-refractivity contribution in [1.82, 2.24) is 0 Å². The number of hydrogen-bond acceptors (Lipinski definition) is 9. The first-order valence-corrected chi connectivity index (χ1v) is 6.22. The summed E-state index contributed by atoms with van der Waals surface area (Å²) in [5.74, 6) is -2.19. The quantitative estimate of drug-likeness (QED) is 0.470. The number of aliphatic hydroxyl groups is 2. The van der Waals surface area contributed by atoms with E-state index in [0.29, 0.717) is 0 Å². The summed E-state index contributed by atoms with van der Waals surface area (Å²) < 4.78 is 19.8. The van der Waals surface area contributed by atoms with E-state index in [1.165, 1.54) is 0 Å². The van der Waals surface area contributed by atoms with E-state index in [4.69, 9.17) is 18.9 Å². The molecule has 0 aromatic carbocycles. The van der Waals surface area contributed by atoms with Gasteiger partial charge in [0.05, 0.1) is 6.61 Å². The summed E-state index contributed by atoms with van der Waals surface area (Å²) in [4.78, 5) is 33.4. The van der Waals surface area contributed by atoms with Gasteiger partial charge in [0.1, 0.15) is 6.10 Å². The first kappa shape index (κ1) is 17.3. The molecule has 1 saturated heterocycles. The Morgan fingerprint density at radius 1 is 0.905 bits per heavy atom. The van der Waals surface area contributed by atoms with Gasteiger partial charge in [0, 0.05) is 20.8 Å². The number of carbonyl (C=O) groups is 3. The number of esters is 3. The van der Waals surface area contributed by atoms with Gasteiger partial charge in [0.25, 0.3) is 0 Å². The summed E-state index contributed by atoms with van der Waals surface area (Å²) in [7, 11) is 0. The molecule has 2 N–H and O–H groups in total. The molecule has 0 bridgehead atoms. The van der Waals surface area contributed by atoms with E-state index < -0.39 is 55.2 Å². The molecule has 0 saturated carbocycles. The van der Waals surface area contributed by atoms with Crippen LogP contribution in [0.15, 0.2) is 0 Å². The standard InChI is InChI=1S/C12H18O9/c1-5(14)18-9-8(4-13)21-12(17)11(20-7(3)16)10(9)19-6(2)15/h8-13,17H,4H2,1-3H3/t8?,9-,10?,11?,12+/m0/s1. The minimum absolute atomic E-state index is 0.598. The van der Waals surface area contributed by atoms with Crippen LogP contribution in [0.4, 0.5) is 0 Å². The molecular weight excluding hydrogens is 288 g/mol. The molecule has 3 unspecified atom stereocenters. The van der Waals surface area contributed by atoms with Crippen molar-refractivity contribution in [3.05, 3.63) is 0 Å². The van der Waals surface area contributed by atoms with Crippen LogP contribution in [-0.2, 0) is 33.3 Å². The Morgan fingerprint density at radius 2 is 1.33 bits per heavy atom. The van der Waals surface area contributed by atoms with Crippen LogP contribution in [0.3, 0.4) is 0 Å². The minimum atomic E-state index is -1.64. The normalized spacial score (nSPS) is 32.1. The highest BCUT2D eigenvalue weighted by Gasteiger charge is 2.51. The second-order valence-corrected chi connectivity index (χ2v) is 4.47. The van der Waals surface area contributed by atoms with Crippen LogP contribution in [0.5, 0.6) is 0 Å². The third-order valence-electron chi connectivity index (χ3n) is 2.70. The summed E-state index contributed by atoms with van der Waals surface area (Å²) in [6.45, 7) is 2.71. The number of rotatable bonds is 4. The predicted octanol–water partition coefficient (Wildman–Crippen LogP) is -1.51. The van der Waals surface area contributed by atoms with E-state index >= 15 is 0 Å². The van der Waals surface area contributed by atoms with E-state index in [0.717, 1.165) is 20.8 Å². The van der Waals surface area contributed by atoms with Gasteiger partial charge in [-0.2, -0.15) is 0 Å². The molecule has 1 rings (SSSR count). The maximum absolute atomic E-state index is 11.2. The summed E-state index contributed by atoms with van der Waals surface area (Å²) in [6.07, 6.45) is -6.65. The van der Waals surface area contributed by atoms with Crippen molar-refractivity contribution in [2.24, 2.45) is 0 Å². The zero-order valence-corrected chi connectivity index (χ0v) is 11.8. The van der Waals surface area contributed by atoms with E-state index in [-0.39, 0.29) is 0 Å². The van der Waals surface area contributed by atoms with Crippen molar-refractivity contribution >= 4 is 17.9 Å². The summed E-state index contributed by atoms with van der Waals surface area (Å²) in [5.41, 5.74) is 0. The van der Waals surface area contributed by atoms with Gasteiger partial charge in [-0.3, -0.25) is 14.4 Å². The van der Waals surface area contributed by atoms with Crippen molar-refractivity contribution in [2.45, 2.75) is 51.5 Å². The van der Waals surface area contributed by atoms with Crippen molar-refractivity contribution in [1.29, 1.82) is 0 Å². The van der Waals surface area contributed by atoms with E-state index in [1.54, 1.807) is 0 Å². The highest BCUT2D eigenvalue weighted by Crippen LogP contribution is 2.27. The van der Waals surface area contributed by atoms with Crippen LogP contribution < -0.4 is 0 Å². The molecule has 0 aromatic rings. The van der Waals surface area contributed by atoms with Crippen LogP contribution in [0.25, 0.3) is 0 Å². The van der Waals surface area contributed by atoms with Crippen LogP contribution in [0, 0.1) is 0 Å². The lowest BCUT2D eigenvalue weighted by Gasteiger charge is -2.42. The topological polar surface area (TPSA) is 129 Å². The molecule has 0 aromatic heterocycles. The molecule has 1 fully saturated rings. The number of aliphatic hydroxyl groups excluding tert-OH is 2. The Hall–Kier alpha value is -1.71. The molecule has 1 heterocycles. The fourth-order valence-corrected chi connectivity index (χ4v) is 2.02. The molecule has 0 amide bonds. The maximum Gasteiger partial charge on any atom is 0.303 e. The van der Waals surface area contributed by atoms with E-state index in [9.17, 15) is 24.6 Å². The largest absolute Gasteiger partial charge is 0.456 e. The number of ether oxygens (including phenoxy) is 4. The molecule has 9 nitrogen and oxygen atoms in total. The van der Waals surface area contributed by atoms with Gasteiger partial charge in [0.15, 0.2) is 24.6 Å². The highest BCUT2D eigenvalue weighted by atomic mass is 16.7. The van der Waals surface area contributed by atoms with Crippen molar-refractivity contribution in [2.75, 3.05) is 6.61 Å². The Kier molecular flexibility index (Phi) is 6.06. The van der Waals surface area contributed by atoms with Gasteiger partial charge in [-0.25, -0.2) is 0 Å². The van der Waals surface area contributed by atoms with Crippen molar-refractivity contribution in [3.63, 3.8) is 0 Å². The zero-order chi connectivity index (χ0) is 16.2. The van der Waals surface area contributed by atoms with Gasteiger partial charge >= 0.3 is 17.9 Å². The molecular formula is C12H18O9. The van der Waals surface area contributed by atoms with Crippen molar-refractivity contribution in [3.8, 4) is 0 Å². The second kappa shape index (κ2) is 7.34. The fourth-order valence-electron chi connectivity index (χ4n) is 2.02. The van der Waals surface area contributed by atoms with Crippen molar-refractivity contribution < 1.29 is 43.5 Å². The maximum atomic E-state index is 11.2. The minimum Gasteiger partial charge on any atom is -0.456 e. The SMILES string of the molecule is CC(=O)OC1C(OC(C)=O)[C@H](O)OC(CO)[C@@H]1OC(C)=O. The lowest BCUT2D eigenvalue weighted by atomic mass is 9.98. The summed E-state index contributed by atoms with van der Waals surface area (Å²) in [6, 6.07) is 0. The molecule has 0 spiro atoms. The van der Waals surface area contributed by atoms with E-state index in [1.807, 2.05) is 0 Å². The fraction of sp³-hybridized carbons (Fsp3) is 0.750. The lowest BCUT2D eigenvalue weighted by Crippen LogP contribution is -2.62. The van der Waals surface area contributed by atoms with Crippen LogP contribution in [-0.4, -0.2) is 65.4 Å². The van der Waals surface area contributed by atoms with Crippen LogP contribution >= 0.6 is 0 Å². The predicted molar refractivity (Wildman–Crippen MR) is 64.6 cm³/mol. The highest BCUT2D eigenvalue weighted by molar-refractivity contribution is 5.68. The lowest BCUT2D eigenvalue weighted by molar-refractivity contribution is -0.295. The summed E-state index contributed by atoms with van der Waals surface area (Å²) >= 11 is 0. The van der Waals surface area contributed by atoms with Gasteiger partial charge < -0.3 is 29.2 Å². The Bertz CT molecular complexity index is 408. The molecule has 0 aliphatic carbocycles. The molecule has 9 heteroatoms. The smallest absolute Gasteiger partial charge is 0.303 e. The van der Waals surface area contributed by atoms with E-state index in [2.05, 4.69) is 0 Å². The molecule has 21 heavy (non-hydrogen) atoms. The Balaban J connectivity index is 3.08. The zero-order valence-electron chi connectivity index (χ0n) is 11.8. The van der Waals surface area contributed by atoms with Gasteiger partial charge in [0.2, 0.25) is 0 Å². The monoisotopic (exact) mass is 306 g/mol. The molecule has 120 valence electrons. The van der Waals surface area contributed by atoms with Gasteiger partial charge in [-0.1, -0.05) is 0 Å². The second-order valence-electron chi connectivity index (χ2n) is 4.47. The van der Waals surface area contributed by atoms with Crippen LogP contribution in [0.1, 0.15) is 20.8 Å². The summed E-state index contributed by atoms with van der Waals surface area (Å²) in [5, 5.41) is 19.0. The number of hydrogen-bond donors (Lipinski definition) is 2. The first-order valence-electron chi connectivity index (χ1n) is 6.22.